The van der Waals surface area contributed by atoms with E-state index in [0.717, 1.165) is 0 Å². The number of aryl methyl sites for hydroxylation is 1. The number of carboxylic acids is 1. The maximum absolute atomic E-state index is 12.2. The number of carbonyl (C=O) groups excluding carboxylic acids is 1. The van der Waals surface area contributed by atoms with Crippen molar-refractivity contribution in [3.63, 3.8) is 0 Å². The molecule has 0 unspecified atom stereocenters. The minimum absolute atomic E-state index is 0.00515. The van der Waals surface area contributed by atoms with E-state index in [1.165, 1.54) is 30.3 Å². The van der Waals surface area contributed by atoms with Crippen molar-refractivity contribution in [2.75, 3.05) is 5.32 Å². The Morgan fingerprint density at radius 3 is 2.39 bits per heavy atom. The lowest BCUT2D eigenvalue weighted by Gasteiger charge is -2.10. The molecule has 0 fully saturated rings. The molecule has 0 heterocycles. The van der Waals surface area contributed by atoms with Gasteiger partial charge in [0.25, 0.3) is 10.0 Å². The zero-order valence-electron chi connectivity index (χ0n) is 12.1. The Bertz CT molecular complexity index is 862. The lowest BCUT2D eigenvalue weighted by atomic mass is 10.2. The van der Waals surface area contributed by atoms with E-state index in [2.05, 4.69) is 5.32 Å². The second-order valence-electron chi connectivity index (χ2n) is 4.71. The van der Waals surface area contributed by atoms with Gasteiger partial charge in [0.15, 0.2) is 0 Å². The lowest BCUT2D eigenvalue weighted by molar-refractivity contribution is 0.0697. The molecule has 0 atom stereocenters. The second-order valence-corrected chi connectivity index (χ2v) is 6.36. The number of hydrogen-bond acceptors (Lipinski definition) is 4. The molecular formula is C15H14N2O5S. The summed E-state index contributed by atoms with van der Waals surface area (Å²) >= 11 is 0. The monoisotopic (exact) mass is 334 g/mol. The van der Waals surface area contributed by atoms with Crippen LogP contribution in [-0.4, -0.2) is 25.5 Å². The van der Waals surface area contributed by atoms with E-state index in [9.17, 15) is 18.0 Å². The quantitative estimate of drug-likeness (QED) is 0.793. The molecule has 0 saturated heterocycles. The molecule has 2 amide bonds. The minimum Gasteiger partial charge on any atom is -0.478 e. The number of anilines is 1. The number of hydrogen-bond donors (Lipinski definition) is 3. The fourth-order valence-electron chi connectivity index (χ4n) is 1.92. The number of carbonyl (C=O) groups is 2. The summed E-state index contributed by atoms with van der Waals surface area (Å²) in [6, 6.07) is 10.7. The van der Waals surface area contributed by atoms with E-state index < -0.39 is 22.0 Å². The third kappa shape index (κ3) is 4.07. The Kier molecular flexibility index (Phi) is 4.65. The third-order valence-corrected chi connectivity index (χ3v) is 4.47. The van der Waals surface area contributed by atoms with Crippen molar-refractivity contribution in [2.45, 2.75) is 11.8 Å². The number of benzene rings is 2. The van der Waals surface area contributed by atoms with Gasteiger partial charge in [0.1, 0.15) is 0 Å². The van der Waals surface area contributed by atoms with E-state index >= 15 is 0 Å². The van der Waals surface area contributed by atoms with Gasteiger partial charge in [-0.3, -0.25) is 0 Å². The molecule has 0 aliphatic rings. The number of urea groups is 1. The summed E-state index contributed by atoms with van der Waals surface area (Å²) in [6.45, 7) is 1.61. The number of sulfonamides is 1. The molecule has 0 radical (unpaired) electrons. The number of carboxylic acid groups (broad SMARTS) is 1. The molecule has 0 bridgehead atoms. The Hall–Kier alpha value is -2.87. The van der Waals surface area contributed by atoms with Crippen LogP contribution in [0.3, 0.4) is 0 Å². The van der Waals surface area contributed by atoms with Crippen LogP contribution < -0.4 is 10.0 Å². The van der Waals surface area contributed by atoms with Crippen molar-refractivity contribution in [1.29, 1.82) is 0 Å². The van der Waals surface area contributed by atoms with Gasteiger partial charge in [0.05, 0.1) is 10.5 Å². The number of rotatable bonds is 4. The normalized spacial score (nSPS) is 10.8. The highest BCUT2D eigenvalue weighted by atomic mass is 32.2. The van der Waals surface area contributed by atoms with Crippen molar-refractivity contribution >= 4 is 27.7 Å². The zero-order chi connectivity index (χ0) is 17.0. The SMILES string of the molecule is Cc1ccccc1S(=O)(=O)NC(=O)Nc1cccc(C(=O)O)c1. The van der Waals surface area contributed by atoms with Crippen LogP contribution in [-0.2, 0) is 10.0 Å². The molecule has 0 aliphatic heterocycles. The zero-order valence-corrected chi connectivity index (χ0v) is 12.9. The molecule has 0 aliphatic carbocycles. The number of nitrogens with one attached hydrogen (secondary N) is 2. The largest absolute Gasteiger partial charge is 0.478 e. The van der Waals surface area contributed by atoms with Gasteiger partial charge in [-0.05, 0) is 36.8 Å². The van der Waals surface area contributed by atoms with Gasteiger partial charge in [-0.2, -0.15) is 0 Å². The van der Waals surface area contributed by atoms with Gasteiger partial charge in [0, 0.05) is 5.69 Å². The summed E-state index contributed by atoms with van der Waals surface area (Å²) in [6.07, 6.45) is 0. The molecule has 2 aromatic carbocycles. The lowest BCUT2D eigenvalue weighted by Crippen LogP contribution is -2.34. The first-order valence-electron chi connectivity index (χ1n) is 6.52. The van der Waals surface area contributed by atoms with Crippen LogP contribution >= 0.6 is 0 Å². The number of amides is 2. The Morgan fingerprint density at radius 2 is 1.74 bits per heavy atom. The Morgan fingerprint density at radius 1 is 1.04 bits per heavy atom. The van der Waals surface area contributed by atoms with Crippen LogP contribution in [0.4, 0.5) is 10.5 Å². The summed E-state index contributed by atoms with van der Waals surface area (Å²) in [5, 5.41) is 11.2. The van der Waals surface area contributed by atoms with Crippen LogP contribution in [0.1, 0.15) is 15.9 Å². The highest BCUT2D eigenvalue weighted by Gasteiger charge is 2.19. The molecule has 2 rings (SSSR count). The van der Waals surface area contributed by atoms with Gasteiger partial charge in [0.2, 0.25) is 0 Å². The van der Waals surface area contributed by atoms with Gasteiger partial charge in [-0.25, -0.2) is 22.7 Å². The molecule has 23 heavy (non-hydrogen) atoms. The van der Waals surface area contributed by atoms with E-state index in [0.29, 0.717) is 5.56 Å². The topological polar surface area (TPSA) is 113 Å². The van der Waals surface area contributed by atoms with Gasteiger partial charge in [-0.1, -0.05) is 24.3 Å². The van der Waals surface area contributed by atoms with Crippen LogP contribution in [0.25, 0.3) is 0 Å². The fourth-order valence-corrected chi connectivity index (χ4v) is 3.08. The Balaban J connectivity index is 2.15. The summed E-state index contributed by atoms with van der Waals surface area (Å²) in [5.41, 5.74) is 0.646. The van der Waals surface area contributed by atoms with Crippen molar-refractivity contribution in [3.05, 3.63) is 59.7 Å². The van der Waals surface area contributed by atoms with Crippen molar-refractivity contribution in [3.8, 4) is 0 Å². The smallest absolute Gasteiger partial charge is 0.335 e. The average molecular weight is 334 g/mol. The van der Waals surface area contributed by atoms with Gasteiger partial charge < -0.3 is 10.4 Å². The highest BCUT2D eigenvalue weighted by molar-refractivity contribution is 7.90. The minimum atomic E-state index is -4.02. The summed E-state index contributed by atoms with van der Waals surface area (Å²) in [5.74, 6) is -1.15. The van der Waals surface area contributed by atoms with Crippen LogP contribution in [0, 0.1) is 6.92 Å². The molecule has 3 N–H and O–H groups in total. The molecular weight excluding hydrogens is 320 g/mol. The standard InChI is InChI=1S/C15H14N2O5S/c1-10-5-2-3-8-13(10)23(21,22)17-15(20)16-12-7-4-6-11(9-12)14(18)19/h2-9H,1H3,(H,18,19)(H2,16,17,20). The van der Waals surface area contributed by atoms with Gasteiger partial charge >= 0.3 is 12.0 Å². The first-order valence-corrected chi connectivity index (χ1v) is 8.01. The molecule has 120 valence electrons. The first kappa shape index (κ1) is 16.5. The maximum atomic E-state index is 12.2. The molecule has 8 heteroatoms. The van der Waals surface area contributed by atoms with Crippen LogP contribution in [0.5, 0.6) is 0 Å². The van der Waals surface area contributed by atoms with E-state index in [1.54, 1.807) is 25.1 Å². The van der Waals surface area contributed by atoms with Crippen molar-refractivity contribution < 1.29 is 23.1 Å². The summed E-state index contributed by atoms with van der Waals surface area (Å²) in [7, 11) is -4.02. The van der Waals surface area contributed by atoms with E-state index in [4.69, 9.17) is 5.11 Å². The maximum Gasteiger partial charge on any atom is 0.335 e. The van der Waals surface area contributed by atoms with E-state index in [1.807, 2.05) is 4.72 Å². The molecule has 0 aromatic heterocycles. The molecule has 2 aromatic rings. The summed E-state index contributed by atoms with van der Waals surface area (Å²) in [4.78, 5) is 22.7. The summed E-state index contributed by atoms with van der Waals surface area (Å²) < 4.78 is 26.2. The van der Waals surface area contributed by atoms with Crippen molar-refractivity contribution in [2.24, 2.45) is 0 Å². The second kappa shape index (κ2) is 6.49. The fraction of sp³-hybridized carbons (Fsp3) is 0.0667. The van der Waals surface area contributed by atoms with Crippen molar-refractivity contribution in [1.82, 2.24) is 4.72 Å². The Labute approximate surface area is 133 Å². The number of aromatic carboxylic acids is 1. The third-order valence-electron chi connectivity index (χ3n) is 2.98. The first-order chi connectivity index (χ1) is 10.8. The molecule has 0 spiro atoms. The average Bonchev–Trinajstić information content (AvgIpc) is 2.47. The molecule has 7 nitrogen and oxygen atoms in total. The van der Waals surface area contributed by atoms with Crippen LogP contribution in [0.2, 0.25) is 0 Å². The van der Waals surface area contributed by atoms with Gasteiger partial charge in [-0.15, -0.1) is 0 Å². The molecule has 0 saturated carbocycles. The predicted octanol–water partition coefficient (Wildman–Crippen LogP) is 2.20. The predicted molar refractivity (Wildman–Crippen MR) is 83.9 cm³/mol. The van der Waals surface area contributed by atoms with Crippen LogP contribution in [0.15, 0.2) is 53.4 Å². The van der Waals surface area contributed by atoms with E-state index in [-0.39, 0.29) is 16.1 Å². The highest BCUT2D eigenvalue weighted by Crippen LogP contribution is 2.15.